The average Bonchev–Trinajstić information content (AvgIpc) is 2.29. The monoisotopic (exact) mass is 222 g/mol. The first-order chi connectivity index (χ1) is 7.27. The van der Waals surface area contributed by atoms with Crippen molar-refractivity contribution in [2.45, 2.75) is 6.92 Å². The molecule has 4 heteroatoms. The molecule has 0 amide bonds. The molecule has 0 aliphatic heterocycles. The van der Waals surface area contributed by atoms with Crippen LogP contribution in [0.5, 0.6) is 0 Å². The first-order valence-electron chi connectivity index (χ1n) is 4.72. The van der Waals surface area contributed by atoms with Crippen LogP contribution in [0.2, 0.25) is 0 Å². The molecule has 2 aromatic heterocycles. The summed E-state index contributed by atoms with van der Waals surface area (Å²) in [5.41, 5.74) is 1.59. The Kier molecular flexibility index (Phi) is 4.80. The van der Waals surface area contributed by atoms with Crippen LogP contribution >= 0.6 is 0 Å². The summed E-state index contributed by atoms with van der Waals surface area (Å²) in [5, 5.41) is 0. The zero-order chi connectivity index (χ0) is 10.7. The zero-order valence-electron chi connectivity index (χ0n) is 9.40. The van der Waals surface area contributed by atoms with Gasteiger partial charge in [0, 0.05) is 6.20 Å². The van der Waals surface area contributed by atoms with Gasteiger partial charge in [-0.15, -0.1) is 30.2 Å². The molecule has 0 bridgehead atoms. The fourth-order valence-electron chi connectivity index (χ4n) is 1.39. The van der Waals surface area contributed by atoms with E-state index < -0.39 is 0 Å². The average molecular weight is 222 g/mol. The molecule has 0 aromatic carbocycles. The number of rotatable bonds is 2. The predicted molar refractivity (Wildman–Crippen MR) is 58.4 cm³/mol. The van der Waals surface area contributed by atoms with E-state index in [1.165, 1.54) is 6.07 Å². The molecule has 0 fully saturated rings. The molecule has 0 spiro atoms. The summed E-state index contributed by atoms with van der Waals surface area (Å²) in [6.45, 7) is 1.94. The van der Waals surface area contributed by atoms with Crippen molar-refractivity contribution >= 4 is 0 Å². The third kappa shape index (κ3) is 2.98. The maximum Gasteiger partial charge on any atom is 1.00 e. The van der Waals surface area contributed by atoms with Crippen molar-refractivity contribution < 1.29 is 29.6 Å². The summed E-state index contributed by atoms with van der Waals surface area (Å²) >= 11 is 0. The standard InChI is InChI=1S/C12H11N2O.Na/c1-9(10-5-2-3-8-13-10)11-6-4-7-12(15)14-11;/h2-8H,1H3,(H,14,15);/q-1;+1. The molecule has 0 radical (unpaired) electrons. The number of nitrogens with one attached hydrogen (secondary N) is 1. The van der Waals surface area contributed by atoms with E-state index in [-0.39, 0.29) is 35.1 Å². The van der Waals surface area contributed by atoms with Gasteiger partial charge in [-0.25, -0.2) is 0 Å². The summed E-state index contributed by atoms with van der Waals surface area (Å²) in [5.74, 6) is 0.966. The van der Waals surface area contributed by atoms with Gasteiger partial charge < -0.3 is 4.98 Å². The molecule has 0 saturated carbocycles. The number of hydrogen-bond donors (Lipinski definition) is 1. The van der Waals surface area contributed by atoms with E-state index in [9.17, 15) is 4.79 Å². The molecular weight excluding hydrogens is 211 g/mol. The molecule has 0 aliphatic carbocycles. The van der Waals surface area contributed by atoms with E-state index in [1.807, 2.05) is 31.2 Å². The van der Waals surface area contributed by atoms with Crippen LogP contribution in [-0.4, -0.2) is 9.97 Å². The Hall–Kier alpha value is -1.03. The van der Waals surface area contributed by atoms with Crippen LogP contribution in [0.25, 0.3) is 0 Å². The number of nitrogens with zero attached hydrogens (tertiary/aromatic N) is 1. The predicted octanol–water partition coefficient (Wildman–Crippen LogP) is -1.24. The second-order valence-electron chi connectivity index (χ2n) is 3.27. The maximum absolute atomic E-state index is 11.1. The minimum absolute atomic E-state index is 0. The van der Waals surface area contributed by atoms with Crippen LogP contribution in [0, 0.1) is 5.92 Å². The molecule has 16 heavy (non-hydrogen) atoms. The SMILES string of the molecule is C[C-](c1ccccn1)c1cccc(=O)[nH]1.[Na+]. The van der Waals surface area contributed by atoms with Gasteiger partial charge in [-0.1, -0.05) is 18.7 Å². The summed E-state index contributed by atoms with van der Waals surface area (Å²) in [4.78, 5) is 18.1. The summed E-state index contributed by atoms with van der Waals surface area (Å²) in [6.07, 6.45) is 1.74. The molecule has 0 aliphatic rings. The molecule has 2 heterocycles. The van der Waals surface area contributed by atoms with Crippen molar-refractivity contribution in [3.8, 4) is 0 Å². The fourth-order valence-corrected chi connectivity index (χ4v) is 1.39. The Labute approximate surface area is 116 Å². The van der Waals surface area contributed by atoms with Gasteiger partial charge in [0.1, 0.15) is 0 Å². The second kappa shape index (κ2) is 5.89. The smallest absolute Gasteiger partial charge is 0.345 e. The minimum Gasteiger partial charge on any atom is -0.345 e. The van der Waals surface area contributed by atoms with Crippen LogP contribution in [0.1, 0.15) is 18.3 Å². The second-order valence-corrected chi connectivity index (χ2v) is 3.27. The Morgan fingerprint density at radius 2 is 2.00 bits per heavy atom. The van der Waals surface area contributed by atoms with Crippen LogP contribution in [0.15, 0.2) is 47.4 Å². The number of aromatic amines is 1. The van der Waals surface area contributed by atoms with Gasteiger partial charge in [-0.05, 0) is 11.8 Å². The van der Waals surface area contributed by atoms with E-state index in [1.54, 1.807) is 12.3 Å². The Bertz CT molecular complexity index is 496. The largest absolute Gasteiger partial charge is 1.00 e. The fraction of sp³-hybridized carbons (Fsp3) is 0.0833. The van der Waals surface area contributed by atoms with Gasteiger partial charge in [0.25, 0.3) is 0 Å². The first-order valence-corrected chi connectivity index (χ1v) is 4.72. The van der Waals surface area contributed by atoms with E-state index in [0.29, 0.717) is 0 Å². The van der Waals surface area contributed by atoms with Crippen LogP contribution < -0.4 is 35.1 Å². The quantitative estimate of drug-likeness (QED) is 0.510. The summed E-state index contributed by atoms with van der Waals surface area (Å²) in [6, 6.07) is 10.8. The zero-order valence-corrected chi connectivity index (χ0v) is 11.4. The number of hydrogen-bond acceptors (Lipinski definition) is 2. The van der Waals surface area contributed by atoms with Crippen molar-refractivity contribution in [1.82, 2.24) is 9.97 Å². The molecule has 0 atom stereocenters. The van der Waals surface area contributed by atoms with E-state index >= 15 is 0 Å². The minimum atomic E-state index is -0.0946. The third-order valence-corrected chi connectivity index (χ3v) is 2.22. The topological polar surface area (TPSA) is 45.8 Å². The van der Waals surface area contributed by atoms with E-state index in [0.717, 1.165) is 17.3 Å². The first kappa shape index (κ1) is 13.0. The van der Waals surface area contributed by atoms with E-state index in [4.69, 9.17) is 0 Å². The molecule has 2 aromatic rings. The maximum atomic E-state index is 11.1. The number of H-pyrrole nitrogens is 1. The Morgan fingerprint density at radius 3 is 2.62 bits per heavy atom. The van der Waals surface area contributed by atoms with Gasteiger partial charge in [0.05, 0.1) is 0 Å². The number of aromatic nitrogens is 2. The normalized spacial score (nSPS) is 9.31. The third-order valence-electron chi connectivity index (χ3n) is 2.22. The summed E-state index contributed by atoms with van der Waals surface area (Å²) < 4.78 is 0. The van der Waals surface area contributed by atoms with Crippen molar-refractivity contribution in [3.05, 3.63) is 70.3 Å². The molecule has 3 nitrogen and oxygen atoms in total. The van der Waals surface area contributed by atoms with Gasteiger partial charge in [0.15, 0.2) is 0 Å². The molecule has 0 saturated heterocycles. The number of pyridine rings is 2. The Balaban J connectivity index is 0.00000128. The molecule has 76 valence electrons. The van der Waals surface area contributed by atoms with Gasteiger partial charge in [-0.3, -0.25) is 9.78 Å². The van der Waals surface area contributed by atoms with Crippen molar-refractivity contribution in [2.24, 2.45) is 0 Å². The van der Waals surface area contributed by atoms with Crippen LogP contribution in [0.4, 0.5) is 0 Å². The van der Waals surface area contributed by atoms with Gasteiger partial charge in [-0.2, -0.15) is 0 Å². The summed E-state index contributed by atoms with van der Waals surface area (Å²) in [7, 11) is 0. The molecule has 1 N–H and O–H groups in total. The molecule has 2 rings (SSSR count). The van der Waals surface area contributed by atoms with Gasteiger partial charge >= 0.3 is 29.6 Å². The van der Waals surface area contributed by atoms with E-state index in [2.05, 4.69) is 9.97 Å². The van der Waals surface area contributed by atoms with Crippen molar-refractivity contribution in [3.63, 3.8) is 0 Å². The Morgan fingerprint density at radius 1 is 1.19 bits per heavy atom. The van der Waals surface area contributed by atoms with Crippen molar-refractivity contribution in [1.29, 1.82) is 0 Å². The molecule has 0 unspecified atom stereocenters. The van der Waals surface area contributed by atoms with Gasteiger partial charge in [0.2, 0.25) is 5.56 Å². The molecular formula is C12H11N2NaO. The van der Waals surface area contributed by atoms with Crippen molar-refractivity contribution in [2.75, 3.05) is 0 Å². The van der Waals surface area contributed by atoms with Crippen LogP contribution in [0.3, 0.4) is 0 Å². The van der Waals surface area contributed by atoms with Crippen LogP contribution in [-0.2, 0) is 0 Å².